The zero-order valence-electron chi connectivity index (χ0n) is 27.9. The van der Waals surface area contributed by atoms with Crippen molar-refractivity contribution in [1.29, 1.82) is 0 Å². The standard InChI is InChI=1S/C23H20O.C20H18O.C3H3Br/c1-2-15-24-16-4-3-6-17-9-10-20-12-11-18-7-5-8-19-13-14-21(17)23(20)22(18)19;21-13-2-1-4-14-7-8-17-10-9-15-5-3-6-16-11-12-18(14)20(17)19(15)16;1-2-3-4/h1,5,7-14H,3-4,6,15-16H2;3,5-12,21H,1-2,4,13H2;1H,3H2. The summed E-state index contributed by atoms with van der Waals surface area (Å²) in [6.45, 7) is 1.45. The van der Waals surface area contributed by atoms with Crippen molar-refractivity contribution in [2.75, 3.05) is 25.2 Å². The lowest BCUT2D eigenvalue weighted by Gasteiger charge is -2.13. The Kier molecular flexibility index (Phi) is 11.6. The molecule has 2 nitrogen and oxygen atoms in total. The highest BCUT2D eigenvalue weighted by atomic mass is 79.9. The number of benzene rings is 8. The first kappa shape index (κ1) is 34.2. The molecule has 8 aromatic rings. The van der Waals surface area contributed by atoms with E-state index in [1.807, 2.05) is 0 Å². The van der Waals surface area contributed by atoms with E-state index in [2.05, 4.69) is 137 Å². The molecule has 0 fully saturated rings. The molecule has 1 N–H and O–H groups in total. The van der Waals surface area contributed by atoms with Crippen molar-refractivity contribution in [3.8, 4) is 24.7 Å². The second kappa shape index (κ2) is 16.6. The van der Waals surface area contributed by atoms with Gasteiger partial charge in [-0.3, -0.25) is 0 Å². The predicted molar refractivity (Wildman–Crippen MR) is 216 cm³/mol. The lowest BCUT2D eigenvalue weighted by atomic mass is 9.91. The molecule has 0 amide bonds. The second-order valence-electron chi connectivity index (χ2n) is 12.4. The molecule has 49 heavy (non-hydrogen) atoms. The molecule has 0 saturated heterocycles. The number of terminal acetylenes is 2. The molecular weight excluding hydrogens is 664 g/mol. The maximum absolute atomic E-state index is 8.98. The van der Waals surface area contributed by atoms with Gasteiger partial charge in [-0.05, 0) is 114 Å². The number of halogens is 1. The summed E-state index contributed by atoms with van der Waals surface area (Å²) < 4.78 is 5.36. The Morgan fingerprint density at radius 2 is 0.918 bits per heavy atom. The summed E-state index contributed by atoms with van der Waals surface area (Å²) in [6, 6.07) is 40.0. The largest absolute Gasteiger partial charge is 0.396 e. The molecule has 0 saturated carbocycles. The average molecular weight is 706 g/mol. The number of hydrogen-bond donors (Lipinski definition) is 1. The highest BCUT2D eigenvalue weighted by Gasteiger charge is 2.12. The molecule has 3 heteroatoms. The van der Waals surface area contributed by atoms with Crippen LogP contribution in [0.15, 0.2) is 109 Å². The summed E-state index contributed by atoms with van der Waals surface area (Å²) in [5, 5.41) is 25.9. The van der Waals surface area contributed by atoms with Gasteiger partial charge in [-0.1, -0.05) is 137 Å². The summed E-state index contributed by atoms with van der Waals surface area (Å²) in [5.41, 5.74) is 2.83. The smallest absolute Gasteiger partial charge is 0.107 e. The number of ether oxygens (including phenoxy) is 1. The predicted octanol–water partition coefficient (Wildman–Crippen LogP) is 11.5. The Hall–Kier alpha value is -4.64. The van der Waals surface area contributed by atoms with Crippen molar-refractivity contribution in [3.63, 3.8) is 0 Å². The summed E-state index contributed by atoms with van der Waals surface area (Å²) in [7, 11) is 0. The maximum atomic E-state index is 8.98. The minimum absolute atomic E-state index is 0.284. The van der Waals surface area contributed by atoms with Gasteiger partial charge in [0.25, 0.3) is 0 Å². The first-order valence-corrected chi connectivity index (χ1v) is 18.2. The van der Waals surface area contributed by atoms with Gasteiger partial charge in [0, 0.05) is 13.2 Å². The Morgan fingerprint density at radius 1 is 0.510 bits per heavy atom. The normalized spacial score (nSPS) is 11.1. The number of aliphatic hydroxyl groups excluding tert-OH is 1. The van der Waals surface area contributed by atoms with E-state index in [1.54, 1.807) is 0 Å². The Bertz CT molecular complexity index is 2340. The molecule has 0 aliphatic rings. The summed E-state index contributed by atoms with van der Waals surface area (Å²) >= 11 is 3.01. The van der Waals surface area contributed by atoms with Crippen LogP contribution in [0.1, 0.15) is 36.8 Å². The van der Waals surface area contributed by atoms with Crippen LogP contribution in [0.5, 0.6) is 0 Å². The van der Waals surface area contributed by atoms with E-state index >= 15 is 0 Å². The third-order valence-corrected chi connectivity index (χ3v) is 9.66. The molecule has 8 rings (SSSR count). The number of alkyl halides is 1. The van der Waals surface area contributed by atoms with Crippen molar-refractivity contribution in [2.24, 2.45) is 0 Å². The molecule has 0 aromatic heterocycles. The molecule has 0 heterocycles. The minimum Gasteiger partial charge on any atom is -0.396 e. The van der Waals surface area contributed by atoms with Gasteiger partial charge < -0.3 is 9.84 Å². The summed E-state index contributed by atoms with van der Waals surface area (Å²) in [4.78, 5) is 0. The minimum atomic E-state index is 0.284. The van der Waals surface area contributed by atoms with Crippen molar-refractivity contribution in [2.45, 2.75) is 38.5 Å². The van der Waals surface area contributed by atoms with Crippen molar-refractivity contribution in [1.82, 2.24) is 0 Å². The van der Waals surface area contributed by atoms with Gasteiger partial charge in [0.15, 0.2) is 0 Å². The highest BCUT2D eigenvalue weighted by Crippen LogP contribution is 2.37. The fraction of sp³-hybridized carbons (Fsp3) is 0.217. The molecule has 0 atom stereocenters. The molecule has 244 valence electrons. The van der Waals surface area contributed by atoms with Gasteiger partial charge in [-0.15, -0.1) is 12.8 Å². The molecule has 0 spiro atoms. The number of aryl methyl sites for hydroxylation is 2. The number of hydrogen-bond acceptors (Lipinski definition) is 2. The van der Waals surface area contributed by atoms with Gasteiger partial charge in [0.1, 0.15) is 6.61 Å². The van der Waals surface area contributed by atoms with E-state index < -0.39 is 0 Å². The summed E-state index contributed by atoms with van der Waals surface area (Å²) in [5.74, 6) is 4.85. The van der Waals surface area contributed by atoms with Crippen LogP contribution in [0.4, 0.5) is 0 Å². The summed E-state index contributed by atoms with van der Waals surface area (Å²) in [6.07, 6.45) is 16.1. The number of unbranched alkanes of at least 4 members (excludes halogenated alkanes) is 2. The molecular formula is C46H41BrO2. The van der Waals surface area contributed by atoms with E-state index in [-0.39, 0.29) is 6.61 Å². The van der Waals surface area contributed by atoms with Gasteiger partial charge in [-0.2, -0.15) is 0 Å². The van der Waals surface area contributed by atoms with Crippen LogP contribution in [0.25, 0.3) is 64.6 Å². The topological polar surface area (TPSA) is 29.5 Å². The van der Waals surface area contributed by atoms with Crippen molar-refractivity contribution >= 4 is 80.6 Å². The molecule has 0 aliphatic carbocycles. The van der Waals surface area contributed by atoms with E-state index in [4.69, 9.17) is 22.7 Å². The highest BCUT2D eigenvalue weighted by molar-refractivity contribution is 9.09. The first-order valence-electron chi connectivity index (χ1n) is 17.1. The maximum Gasteiger partial charge on any atom is 0.107 e. The Balaban J connectivity index is 0.000000155. The fourth-order valence-electron chi connectivity index (χ4n) is 7.11. The Labute approximate surface area is 297 Å². The first-order chi connectivity index (χ1) is 24.2. The van der Waals surface area contributed by atoms with Gasteiger partial charge >= 0.3 is 0 Å². The molecule has 0 radical (unpaired) electrons. The second-order valence-corrected chi connectivity index (χ2v) is 13.0. The Morgan fingerprint density at radius 3 is 1.35 bits per heavy atom. The van der Waals surface area contributed by atoms with E-state index in [0.29, 0.717) is 11.9 Å². The molecule has 0 aliphatic heterocycles. The van der Waals surface area contributed by atoms with Crippen LogP contribution >= 0.6 is 15.9 Å². The van der Waals surface area contributed by atoms with E-state index in [9.17, 15) is 0 Å². The third-order valence-electron chi connectivity index (χ3n) is 9.34. The van der Waals surface area contributed by atoms with Crippen LogP contribution in [-0.4, -0.2) is 30.3 Å². The molecule has 8 aromatic carbocycles. The molecule has 0 unspecified atom stereocenters. The SMILES string of the molecule is C#CCBr.C#CCOCCCCc1ccc2ccc3cccc4ccc1c2c34.OCCCCc1ccc2ccc3cccc4ccc1c2c34. The zero-order valence-corrected chi connectivity index (χ0v) is 29.4. The zero-order chi connectivity index (χ0) is 34.0. The number of aliphatic hydroxyl groups is 1. The lowest BCUT2D eigenvalue weighted by molar-refractivity contribution is 0.162. The van der Waals surface area contributed by atoms with Crippen molar-refractivity contribution < 1.29 is 9.84 Å². The lowest BCUT2D eigenvalue weighted by Crippen LogP contribution is -1.96. The quantitative estimate of drug-likeness (QED) is 0.0664. The van der Waals surface area contributed by atoms with Crippen LogP contribution < -0.4 is 0 Å². The van der Waals surface area contributed by atoms with Gasteiger partial charge in [-0.25, -0.2) is 0 Å². The third kappa shape index (κ3) is 7.51. The van der Waals surface area contributed by atoms with Crippen LogP contribution in [-0.2, 0) is 17.6 Å². The van der Waals surface area contributed by atoms with Crippen LogP contribution in [0, 0.1) is 24.7 Å². The van der Waals surface area contributed by atoms with Crippen LogP contribution in [0.3, 0.4) is 0 Å². The average Bonchev–Trinajstić information content (AvgIpc) is 3.15. The van der Waals surface area contributed by atoms with E-state index in [1.165, 1.54) is 75.8 Å². The fourth-order valence-corrected chi connectivity index (χ4v) is 7.11. The van der Waals surface area contributed by atoms with Crippen molar-refractivity contribution in [3.05, 3.63) is 120 Å². The number of rotatable bonds is 10. The van der Waals surface area contributed by atoms with Crippen LogP contribution in [0.2, 0.25) is 0 Å². The monoisotopic (exact) mass is 704 g/mol. The van der Waals surface area contributed by atoms with Gasteiger partial charge in [0.2, 0.25) is 0 Å². The van der Waals surface area contributed by atoms with Gasteiger partial charge in [0.05, 0.1) is 5.33 Å². The van der Waals surface area contributed by atoms with E-state index in [0.717, 1.165) is 45.1 Å². The molecule has 0 bridgehead atoms.